The lowest BCUT2D eigenvalue weighted by atomic mass is 9.88. The van der Waals surface area contributed by atoms with E-state index in [4.69, 9.17) is 4.52 Å². The molecule has 4 aromatic rings. The topological polar surface area (TPSA) is 98.7 Å². The van der Waals surface area contributed by atoms with Crippen molar-refractivity contribution < 1.29 is 13.7 Å². The van der Waals surface area contributed by atoms with Gasteiger partial charge in [-0.05, 0) is 25.5 Å². The fourth-order valence-corrected chi connectivity index (χ4v) is 3.45. The summed E-state index contributed by atoms with van der Waals surface area (Å²) in [5, 5.41) is 11.4. The van der Waals surface area contributed by atoms with Gasteiger partial charge >= 0.3 is 0 Å². The average Bonchev–Trinajstić information content (AvgIpc) is 3.43. The summed E-state index contributed by atoms with van der Waals surface area (Å²) in [5.41, 5.74) is 2.40. The van der Waals surface area contributed by atoms with Crippen LogP contribution in [0, 0.1) is 5.82 Å². The van der Waals surface area contributed by atoms with Gasteiger partial charge in [-0.3, -0.25) is 4.79 Å². The molecular formula is C21H17FN6O2. The fourth-order valence-electron chi connectivity index (χ4n) is 3.45. The van der Waals surface area contributed by atoms with Crippen molar-refractivity contribution in [2.24, 2.45) is 0 Å². The van der Waals surface area contributed by atoms with E-state index in [2.05, 4.69) is 25.5 Å². The van der Waals surface area contributed by atoms with Gasteiger partial charge in [-0.1, -0.05) is 23.4 Å². The molecule has 1 aliphatic rings. The van der Waals surface area contributed by atoms with Gasteiger partial charge in [-0.25, -0.2) is 14.1 Å². The number of aromatic nitrogens is 5. The number of fused-ring (bicyclic) bond motifs is 1. The molecule has 0 spiro atoms. The number of carbonyl (C=O) groups excluding carboxylic acids is 1. The first-order valence-electron chi connectivity index (χ1n) is 9.35. The van der Waals surface area contributed by atoms with E-state index in [1.165, 1.54) is 17.0 Å². The third-order valence-corrected chi connectivity index (χ3v) is 5.27. The van der Waals surface area contributed by atoms with Gasteiger partial charge in [-0.2, -0.15) is 10.1 Å². The molecular weight excluding hydrogens is 387 g/mol. The lowest BCUT2D eigenvalue weighted by Crippen LogP contribution is -2.26. The highest BCUT2D eigenvalue weighted by molar-refractivity contribution is 6.04. The summed E-state index contributed by atoms with van der Waals surface area (Å²) in [7, 11) is 0. The van der Waals surface area contributed by atoms with Crippen LogP contribution in [0.1, 0.15) is 30.7 Å². The van der Waals surface area contributed by atoms with Gasteiger partial charge in [0.05, 0.1) is 11.1 Å². The van der Waals surface area contributed by atoms with Gasteiger partial charge in [0.2, 0.25) is 5.91 Å². The zero-order chi connectivity index (χ0) is 20.9. The molecule has 1 aliphatic heterocycles. The van der Waals surface area contributed by atoms with E-state index >= 15 is 0 Å². The Bertz CT molecular complexity index is 1260. The molecule has 0 bridgehead atoms. The molecule has 5 rings (SSSR count). The van der Waals surface area contributed by atoms with Crippen LogP contribution in [-0.2, 0) is 16.6 Å². The summed E-state index contributed by atoms with van der Waals surface area (Å²) < 4.78 is 20.7. The first-order chi connectivity index (χ1) is 14.4. The van der Waals surface area contributed by atoms with Crippen molar-refractivity contribution in [2.75, 3.05) is 5.32 Å². The average molecular weight is 404 g/mol. The van der Waals surface area contributed by atoms with Crippen LogP contribution in [0.4, 0.5) is 10.2 Å². The number of amides is 1. The van der Waals surface area contributed by atoms with E-state index in [0.717, 1.165) is 5.56 Å². The van der Waals surface area contributed by atoms with Crippen LogP contribution in [0.3, 0.4) is 0 Å². The Morgan fingerprint density at radius 2 is 2.07 bits per heavy atom. The molecule has 0 saturated carbocycles. The predicted octanol–water partition coefficient (Wildman–Crippen LogP) is 3.28. The number of benzene rings is 1. The lowest BCUT2D eigenvalue weighted by Gasteiger charge is -2.13. The Labute approximate surface area is 170 Å². The number of carbonyl (C=O) groups is 1. The second-order valence-corrected chi connectivity index (χ2v) is 7.60. The standard InChI is InChI=1S/C21H17FN6O2/c1-21(2)14-10-23-20(25-18(14)24-19(21)29)28-11-13(16-7-8-30-27-16)17(26-28)9-12-5-3-4-6-15(12)22/h3-8,10-11H,9H2,1-2H3,(H,23,24,25,29). The van der Waals surface area contributed by atoms with Crippen LogP contribution in [-0.4, -0.2) is 30.8 Å². The number of anilines is 1. The van der Waals surface area contributed by atoms with Gasteiger partial charge in [0.15, 0.2) is 0 Å². The van der Waals surface area contributed by atoms with E-state index in [9.17, 15) is 9.18 Å². The number of halogens is 1. The molecule has 30 heavy (non-hydrogen) atoms. The van der Waals surface area contributed by atoms with E-state index in [1.807, 2.05) is 13.8 Å². The minimum atomic E-state index is -0.695. The monoisotopic (exact) mass is 404 g/mol. The molecule has 0 unspecified atom stereocenters. The molecule has 0 fully saturated rings. The first kappa shape index (κ1) is 18.2. The number of hydrogen-bond donors (Lipinski definition) is 1. The van der Waals surface area contributed by atoms with Crippen LogP contribution in [0.25, 0.3) is 17.2 Å². The Morgan fingerprint density at radius 1 is 1.23 bits per heavy atom. The minimum Gasteiger partial charge on any atom is -0.364 e. The largest absolute Gasteiger partial charge is 0.364 e. The van der Waals surface area contributed by atoms with E-state index in [-0.39, 0.29) is 24.1 Å². The van der Waals surface area contributed by atoms with Crippen LogP contribution in [0.2, 0.25) is 0 Å². The SMILES string of the molecule is CC1(C)C(=O)Nc2nc(-n3cc(-c4ccon4)c(Cc4ccccc4F)n3)ncc21. The van der Waals surface area contributed by atoms with Gasteiger partial charge in [0.25, 0.3) is 5.95 Å². The Morgan fingerprint density at radius 3 is 2.83 bits per heavy atom. The highest BCUT2D eigenvalue weighted by Crippen LogP contribution is 2.35. The van der Waals surface area contributed by atoms with Gasteiger partial charge in [0.1, 0.15) is 23.6 Å². The summed E-state index contributed by atoms with van der Waals surface area (Å²) in [6, 6.07) is 8.25. The summed E-state index contributed by atoms with van der Waals surface area (Å²) >= 11 is 0. The molecule has 0 atom stereocenters. The number of nitrogens with one attached hydrogen (secondary N) is 1. The molecule has 3 aromatic heterocycles. The summed E-state index contributed by atoms with van der Waals surface area (Å²) in [6.07, 6.45) is 5.07. The maximum absolute atomic E-state index is 14.2. The van der Waals surface area contributed by atoms with Crippen LogP contribution in [0.15, 0.2) is 53.5 Å². The van der Waals surface area contributed by atoms with Crippen molar-refractivity contribution >= 4 is 11.7 Å². The maximum Gasteiger partial charge on any atom is 0.252 e. The Hall–Kier alpha value is -3.88. The molecule has 0 aliphatic carbocycles. The maximum atomic E-state index is 14.2. The highest BCUT2D eigenvalue weighted by Gasteiger charge is 2.40. The van der Waals surface area contributed by atoms with Crippen molar-refractivity contribution in [3.63, 3.8) is 0 Å². The van der Waals surface area contributed by atoms with Crippen LogP contribution in [0.5, 0.6) is 0 Å². The third kappa shape index (κ3) is 2.86. The molecule has 1 amide bonds. The van der Waals surface area contributed by atoms with Crippen molar-refractivity contribution in [3.05, 3.63) is 71.6 Å². The minimum absolute atomic E-state index is 0.132. The number of hydrogen-bond acceptors (Lipinski definition) is 6. The summed E-state index contributed by atoms with van der Waals surface area (Å²) in [6.45, 7) is 3.64. The molecule has 1 aromatic carbocycles. The summed E-state index contributed by atoms with van der Waals surface area (Å²) in [5.74, 6) is 0.310. The van der Waals surface area contributed by atoms with E-state index < -0.39 is 5.41 Å². The van der Waals surface area contributed by atoms with Gasteiger partial charge in [0, 0.05) is 36.0 Å². The molecule has 0 saturated heterocycles. The van der Waals surface area contributed by atoms with Gasteiger partial charge < -0.3 is 9.84 Å². The van der Waals surface area contributed by atoms with E-state index in [1.54, 1.807) is 36.7 Å². The van der Waals surface area contributed by atoms with Crippen molar-refractivity contribution in [2.45, 2.75) is 25.7 Å². The first-order valence-corrected chi connectivity index (χ1v) is 9.35. The van der Waals surface area contributed by atoms with Crippen molar-refractivity contribution in [1.29, 1.82) is 0 Å². The third-order valence-electron chi connectivity index (χ3n) is 5.27. The Kier molecular flexibility index (Phi) is 3.99. The zero-order valence-electron chi connectivity index (χ0n) is 16.3. The van der Waals surface area contributed by atoms with Crippen molar-refractivity contribution in [1.82, 2.24) is 24.9 Å². The molecule has 150 valence electrons. The van der Waals surface area contributed by atoms with Crippen LogP contribution >= 0.6 is 0 Å². The Balaban J connectivity index is 1.58. The second kappa shape index (κ2) is 6.58. The highest BCUT2D eigenvalue weighted by atomic mass is 19.1. The molecule has 9 heteroatoms. The fraction of sp³-hybridized carbons (Fsp3) is 0.190. The normalized spacial score (nSPS) is 14.6. The predicted molar refractivity (Wildman–Crippen MR) is 106 cm³/mol. The quantitative estimate of drug-likeness (QED) is 0.560. The van der Waals surface area contributed by atoms with Crippen molar-refractivity contribution in [3.8, 4) is 17.2 Å². The lowest BCUT2D eigenvalue weighted by molar-refractivity contribution is -0.119. The van der Waals surface area contributed by atoms with Gasteiger partial charge in [-0.15, -0.1) is 0 Å². The van der Waals surface area contributed by atoms with Crippen LogP contribution < -0.4 is 5.32 Å². The molecule has 0 radical (unpaired) electrons. The number of nitrogens with zero attached hydrogens (tertiary/aromatic N) is 5. The number of rotatable bonds is 4. The second-order valence-electron chi connectivity index (χ2n) is 7.60. The molecule has 4 heterocycles. The zero-order valence-corrected chi connectivity index (χ0v) is 16.3. The smallest absolute Gasteiger partial charge is 0.252 e. The molecule has 8 nitrogen and oxygen atoms in total. The summed E-state index contributed by atoms with van der Waals surface area (Å²) in [4.78, 5) is 21.1. The van der Waals surface area contributed by atoms with E-state index in [0.29, 0.717) is 28.3 Å². The molecule has 1 N–H and O–H groups in total.